The third-order valence-corrected chi connectivity index (χ3v) is 2.56. The summed E-state index contributed by atoms with van der Waals surface area (Å²) in [6.07, 6.45) is 1.01. The third kappa shape index (κ3) is 2.64. The maximum atomic E-state index is 11.2. The Kier molecular flexibility index (Phi) is 3.76. The molecule has 9 heteroatoms. The summed E-state index contributed by atoms with van der Waals surface area (Å²) in [5, 5.41) is 10.6. The molecule has 1 aromatic carbocycles. The molecule has 0 spiro atoms. The van der Waals surface area contributed by atoms with Gasteiger partial charge in [-0.2, -0.15) is 4.98 Å². The molecule has 20 heavy (non-hydrogen) atoms. The number of nitrogens with zero attached hydrogens (tertiary/aromatic N) is 3. The van der Waals surface area contributed by atoms with Gasteiger partial charge in [-0.15, -0.1) is 0 Å². The van der Waals surface area contributed by atoms with Crippen LogP contribution in [0.4, 0.5) is 5.69 Å². The first-order valence-corrected chi connectivity index (χ1v) is 5.60. The zero-order valence-electron chi connectivity index (χ0n) is 9.82. The fourth-order valence-corrected chi connectivity index (χ4v) is 1.63. The van der Waals surface area contributed by atoms with Crippen LogP contribution in [0.2, 0.25) is 5.15 Å². The van der Waals surface area contributed by atoms with Crippen molar-refractivity contribution in [1.82, 2.24) is 9.97 Å². The topological polar surface area (TPSA) is 121 Å². The molecule has 0 aliphatic carbocycles. The molecular formula is C11H7ClN4O4. The predicted molar refractivity (Wildman–Crippen MR) is 68.7 cm³/mol. The number of rotatable bonds is 4. The molecule has 2 rings (SSSR count). The fourth-order valence-electron chi connectivity index (χ4n) is 1.43. The van der Waals surface area contributed by atoms with Crippen molar-refractivity contribution in [2.75, 3.05) is 0 Å². The maximum Gasteiger partial charge on any atom is 0.368 e. The van der Waals surface area contributed by atoms with Gasteiger partial charge in [-0.25, -0.2) is 4.98 Å². The van der Waals surface area contributed by atoms with Crippen molar-refractivity contribution < 1.29 is 14.5 Å². The van der Waals surface area contributed by atoms with E-state index in [-0.39, 0.29) is 22.3 Å². The highest BCUT2D eigenvalue weighted by atomic mass is 35.5. The van der Waals surface area contributed by atoms with Gasteiger partial charge in [0.1, 0.15) is 12.1 Å². The minimum absolute atomic E-state index is 0.0397. The van der Waals surface area contributed by atoms with E-state index >= 15 is 0 Å². The van der Waals surface area contributed by atoms with Crippen molar-refractivity contribution in [1.29, 1.82) is 0 Å². The molecule has 0 atom stereocenters. The molecule has 0 radical (unpaired) electrons. The van der Waals surface area contributed by atoms with Gasteiger partial charge in [-0.1, -0.05) is 23.7 Å². The van der Waals surface area contributed by atoms with E-state index in [0.717, 1.165) is 6.33 Å². The number of nitrogens with two attached hydrogens (primary N) is 1. The smallest absolute Gasteiger partial charge is 0.368 e. The number of para-hydroxylation sites is 1. The second-order valence-electron chi connectivity index (χ2n) is 3.54. The zero-order chi connectivity index (χ0) is 14.7. The fraction of sp³-hybridized carbons (Fsp3) is 0. The Labute approximate surface area is 117 Å². The summed E-state index contributed by atoms with van der Waals surface area (Å²) in [5.41, 5.74) is 4.66. The average molecular weight is 295 g/mol. The Balaban J connectivity index is 2.49. The summed E-state index contributed by atoms with van der Waals surface area (Å²) in [5.74, 6) is -1.06. The molecular weight excluding hydrogens is 288 g/mol. The lowest BCUT2D eigenvalue weighted by Gasteiger charge is -2.08. The summed E-state index contributed by atoms with van der Waals surface area (Å²) in [4.78, 5) is 28.5. The van der Waals surface area contributed by atoms with Crippen molar-refractivity contribution in [3.05, 3.63) is 51.4 Å². The molecule has 2 aromatic rings. The van der Waals surface area contributed by atoms with Crippen LogP contribution in [-0.2, 0) is 0 Å². The van der Waals surface area contributed by atoms with Crippen LogP contribution in [0.5, 0.6) is 11.6 Å². The number of carbonyl (C=O) groups excluding carboxylic acids is 1. The number of ether oxygens (including phenoxy) is 1. The lowest BCUT2D eigenvalue weighted by Crippen LogP contribution is -2.12. The Morgan fingerprint density at radius 1 is 1.35 bits per heavy atom. The molecule has 1 heterocycles. The van der Waals surface area contributed by atoms with Crippen molar-refractivity contribution in [3.63, 3.8) is 0 Å². The van der Waals surface area contributed by atoms with Crippen molar-refractivity contribution >= 4 is 23.2 Å². The van der Waals surface area contributed by atoms with Gasteiger partial charge in [0.15, 0.2) is 0 Å². The number of amides is 1. The normalized spacial score (nSPS) is 10.1. The maximum absolute atomic E-state index is 11.2. The van der Waals surface area contributed by atoms with Crippen LogP contribution in [0.15, 0.2) is 30.6 Å². The number of primary amides is 1. The Bertz CT molecular complexity index is 692. The second kappa shape index (κ2) is 5.49. The van der Waals surface area contributed by atoms with E-state index in [1.807, 2.05) is 0 Å². The minimum atomic E-state index is -0.773. The SMILES string of the molecule is NC(=O)c1ccccc1Oc1ncnc(Cl)c1[N+](=O)[O-]. The molecule has 0 saturated heterocycles. The van der Waals surface area contributed by atoms with Crippen molar-refractivity contribution in [3.8, 4) is 11.6 Å². The molecule has 1 amide bonds. The molecule has 0 aliphatic heterocycles. The lowest BCUT2D eigenvalue weighted by molar-refractivity contribution is -0.386. The molecule has 8 nitrogen and oxygen atoms in total. The van der Waals surface area contributed by atoms with Crippen LogP contribution in [0, 0.1) is 10.1 Å². The van der Waals surface area contributed by atoms with E-state index < -0.39 is 16.5 Å². The highest BCUT2D eigenvalue weighted by Crippen LogP contribution is 2.34. The molecule has 102 valence electrons. The van der Waals surface area contributed by atoms with Crippen LogP contribution in [0.25, 0.3) is 0 Å². The van der Waals surface area contributed by atoms with Gasteiger partial charge < -0.3 is 10.5 Å². The first-order valence-electron chi connectivity index (χ1n) is 5.22. The summed E-state index contributed by atoms with van der Waals surface area (Å²) < 4.78 is 5.27. The number of benzene rings is 1. The van der Waals surface area contributed by atoms with Crippen LogP contribution in [0.3, 0.4) is 0 Å². The third-order valence-electron chi connectivity index (χ3n) is 2.29. The van der Waals surface area contributed by atoms with Crippen LogP contribution < -0.4 is 10.5 Å². The van der Waals surface area contributed by atoms with Gasteiger partial charge >= 0.3 is 11.6 Å². The van der Waals surface area contributed by atoms with Crippen LogP contribution in [0.1, 0.15) is 10.4 Å². The summed E-state index contributed by atoms with van der Waals surface area (Å²) in [6, 6.07) is 6.01. The number of nitro groups is 1. The van der Waals surface area contributed by atoms with Gasteiger partial charge in [0, 0.05) is 0 Å². The molecule has 2 N–H and O–H groups in total. The van der Waals surface area contributed by atoms with Crippen LogP contribution >= 0.6 is 11.6 Å². The Morgan fingerprint density at radius 3 is 2.70 bits per heavy atom. The standard InChI is InChI=1S/C11H7ClN4O4/c12-9-8(16(18)19)11(15-5-14-9)20-7-4-2-1-3-6(7)10(13)17/h1-5H,(H2,13,17). The predicted octanol–water partition coefficient (Wildman–Crippen LogP) is 1.93. The van der Waals surface area contributed by atoms with Crippen molar-refractivity contribution in [2.45, 2.75) is 0 Å². The largest absolute Gasteiger partial charge is 0.433 e. The van der Waals surface area contributed by atoms with E-state index in [0.29, 0.717) is 0 Å². The molecule has 1 aromatic heterocycles. The Hall–Kier alpha value is -2.74. The highest BCUT2D eigenvalue weighted by molar-refractivity contribution is 6.31. The molecule has 0 fully saturated rings. The quantitative estimate of drug-likeness (QED) is 0.522. The zero-order valence-corrected chi connectivity index (χ0v) is 10.6. The van der Waals surface area contributed by atoms with E-state index in [9.17, 15) is 14.9 Å². The van der Waals surface area contributed by atoms with Gasteiger partial charge in [-0.05, 0) is 12.1 Å². The molecule has 0 bridgehead atoms. The van der Waals surface area contributed by atoms with Crippen molar-refractivity contribution in [2.24, 2.45) is 5.73 Å². The highest BCUT2D eigenvalue weighted by Gasteiger charge is 2.24. The van der Waals surface area contributed by atoms with E-state index in [2.05, 4.69) is 9.97 Å². The van der Waals surface area contributed by atoms with Gasteiger partial charge in [0.25, 0.3) is 5.91 Å². The molecule has 0 saturated carbocycles. The number of aromatic nitrogens is 2. The van der Waals surface area contributed by atoms with E-state index in [1.165, 1.54) is 12.1 Å². The number of hydrogen-bond acceptors (Lipinski definition) is 6. The second-order valence-corrected chi connectivity index (χ2v) is 3.90. The van der Waals surface area contributed by atoms with E-state index in [4.69, 9.17) is 22.1 Å². The molecule has 0 aliphatic rings. The lowest BCUT2D eigenvalue weighted by atomic mass is 10.2. The van der Waals surface area contributed by atoms with Crippen LogP contribution in [-0.4, -0.2) is 20.8 Å². The average Bonchev–Trinajstić information content (AvgIpc) is 2.38. The number of carbonyl (C=O) groups is 1. The van der Waals surface area contributed by atoms with Gasteiger partial charge in [0.05, 0.1) is 10.5 Å². The first-order chi connectivity index (χ1) is 9.50. The monoisotopic (exact) mass is 294 g/mol. The first kappa shape index (κ1) is 13.7. The Morgan fingerprint density at radius 2 is 2.05 bits per heavy atom. The molecule has 0 unspecified atom stereocenters. The van der Waals surface area contributed by atoms with Gasteiger partial charge in [0.2, 0.25) is 5.15 Å². The minimum Gasteiger partial charge on any atom is -0.433 e. The van der Waals surface area contributed by atoms with E-state index in [1.54, 1.807) is 12.1 Å². The number of hydrogen-bond donors (Lipinski definition) is 1. The summed E-state index contributed by atoms with van der Waals surface area (Å²) in [6.45, 7) is 0. The summed E-state index contributed by atoms with van der Waals surface area (Å²) >= 11 is 5.63. The summed E-state index contributed by atoms with van der Waals surface area (Å²) in [7, 11) is 0. The number of halogens is 1. The van der Waals surface area contributed by atoms with Gasteiger partial charge in [-0.3, -0.25) is 14.9 Å².